The van der Waals surface area contributed by atoms with Crippen LogP contribution in [0, 0.1) is 0 Å². The zero-order valence-electron chi connectivity index (χ0n) is 48.6. The van der Waals surface area contributed by atoms with Crippen molar-refractivity contribution in [2.45, 2.75) is 303 Å². The van der Waals surface area contributed by atoms with Crippen LogP contribution >= 0.6 is 0 Å². The first kappa shape index (κ1) is 70.3. The Morgan fingerprint density at radius 3 is 0.905 bits per heavy atom. The van der Waals surface area contributed by atoms with Crippen LogP contribution in [-0.4, -0.2) is 37.2 Å². The molecular formula is C68H116O6. The second-order valence-electron chi connectivity index (χ2n) is 20.6. The first-order chi connectivity index (χ1) is 36.5. The predicted molar refractivity (Wildman–Crippen MR) is 320 cm³/mol. The van der Waals surface area contributed by atoms with Gasteiger partial charge in [0.2, 0.25) is 0 Å². The van der Waals surface area contributed by atoms with E-state index in [2.05, 4.69) is 118 Å². The van der Waals surface area contributed by atoms with Gasteiger partial charge in [-0.15, -0.1) is 0 Å². The van der Waals surface area contributed by atoms with Gasteiger partial charge in [-0.25, -0.2) is 0 Å². The second-order valence-corrected chi connectivity index (χ2v) is 20.6. The van der Waals surface area contributed by atoms with Gasteiger partial charge >= 0.3 is 17.9 Å². The quantitative estimate of drug-likeness (QED) is 0.0261. The van der Waals surface area contributed by atoms with E-state index in [0.717, 1.165) is 128 Å². The minimum atomic E-state index is -0.794. The molecule has 1 unspecified atom stereocenters. The van der Waals surface area contributed by atoms with Gasteiger partial charge in [0, 0.05) is 19.3 Å². The molecule has 1 atom stereocenters. The van der Waals surface area contributed by atoms with Crippen LogP contribution in [0.2, 0.25) is 0 Å². The first-order valence-corrected chi connectivity index (χ1v) is 31.2. The van der Waals surface area contributed by atoms with E-state index in [-0.39, 0.29) is 31.1 Å². The molecule has 0 aromatic carbocycles. The van der Waals surface area contributed by atoms with Crippen LogP contribution in [0.4, 0.5) is 0 Å². The highest BCUT2D eigenvalue weighted by Gasteiger charge is 2.19. The molecule has 0 aliphatic carbocycles. The molecule has 0 N–H and O–H groups in total. The summed E-state index contributed by atoms with van der Waals surface area (Å²) in [4.78, 5) is 38.2. The lowest BCUT2D eigenvalue weighted by atomic mass is 10.0. The fourth-order valence-corrected chi connectivity index (χ4v) is 8.66. The minimum Gasteiger partial charge on any atom is -0.462 e. The fraction of sp³-hybridized carbons (Fsp3) is 0.721. The number of ether oxygens (including phenoxy) is 3. The van der Waals surface area contributed by atoms with Crippen molar-refractivity contribution in [3.05, 3.63) is 97.2 Å². The maximum atomic E-state index is 12.9. The normalized spacial score (nSPS) is 12.7. The summed E-state index contributed by atoms with van der Waals surface area (Å²) in [5.41, 5.74) is 0. The first-order valence-electron chi connectivity index (χ1n) is 31.2. The maximum Gasteiger partial charge on any atom is 0.306 e. The molecule has 0 aliphatic rings. The molecule has 0 aliphatic heterocycles. The van der Waals surface area contributed by atoms with Crippen molar-refractivity contribution < 1.29 is 28.6 Å². The summed E-state index contributed by atoms with van der Waals surface area (Å²) in [5, 5.41) is 0. The van der Waals surface area contributed by atoms with Crippen molar-refractivity contribution in [3.63, 3.8) is 0 Å². The molecule has 6 nitrogen and oxygen atoms in total. The lowest BCUT2D eigenvalue weighted by molar-refractivity contribution is -0.167. The summed E-state index contributed by atoms with van der Waals surface area (Å²) in [5.74, 6) is -0.926. The summed E-state index contributed by atoms with van der Waals surface area (Å²) in [7, 11) is 0. The van der Waals surface area contributed by atoms with Gasteiger partial charge in [-0.05, 0) is 96.3 Å². The molecule has 0 saturated carbocycles. The summed E-state index contributed by atoms with van der Waals surface area (Å²) >= 11 is 0. The average Bonchev–Trinajstić information content (AvgIpc) is 3.40. The van der Waals surface area contributed by atoms with Gasteiger partial charge in [-0.1, -0.05) is 279 Å². The molecule has 0 aromatic rings. The van der Waals surface area contributed by atoms with Crippen LogP contribution in [0.1, 0.15) is 297 Å². The van der Waals surface area contributed by atoms with E-state index in [0.29, 0.717) is 19.3 Å². The molecular weight excluding hydrogens is 913 g/mol. The molecule has 424 valence electrons. The third-order valence-corrected chi connectivity index (χ3v) is 13.3. The molecule has 0 spiro atoms. The number of carbonyl (C=O) groups excluding carboxylic acids is 3. The molecule has 0 aromatic heterocycles. The average molecular weight is 1030 g/mol. The van der Waals surface area contributed by atoms with E-state index in [1.54, 1.807) is 0 Å². The lowest BCUT2D eigenvalue weighted by Crippen LogP contribution is -2.30. The SMILES string of the molecule is CC/C=C\C/C=C\C/C=C\C/C=C\C/C=C\C/C=C\C/C=C\CCCCCC(=O)OCC(COC(=O)CCCCCCC/C=C\CCC)OC(=O)CCCCCCCCCCCCCCCCCCCCCCC. The summed E-state index contributed by atoms with van der Waals surface area (Å²) < 4.78 is 16.8. The Kier molecular flexibility index (Phi) is 58.8. The van der Waals surface area contributed by atoms with Crippen LogP contribution in [0.15, 0.2) is 97.2 Å². The Morgan fingerprint density at radius 1 is 0.284 bits per heavy atom. The smallest absolute Gasteiger partial charge is 0.306 e. The standard InChI is InChI=1S/C68H116O6/c1-4-7-10-13-16-19-22-24-26-28-30-32-33-34-35-37-38-40-42-44-46-49-52-55-58-61-67(70)73-64-65(63-72-66(69)60-57-54-51-48-21-18-15-12-9-6-3)74-68(71)62-59-56-53-50-47-45-43-41-39-36-31-29-27-25-23-20-17-14-11-8-5-2/h7,10,12,15-16,19,24,26,30,32,34-35,38,40,44,46,65H,4-6,8-9,11,13-14,17-18,20-23,25,27-29,31,33,36-37,39,41-43,45,47-64H2,1-3H3/b10-7-,15-12-,19-16-,26-24-,32-30-,35-34-,40-38-,46-44-. The van der Waals surface area contributed by atoms with Crippen LogP contribution in [-0.2, 0) is 28.6 Å². The van der Waals surface area contributed by atoms with Crippen molar-refractivity contribution in [2.75, 3.05) is 13.2 Å². The molecule has 6 heteroatoms. The molecule has 0 rings (SSSR count). The number of rotatable bonds is 56. The number of unbranched alkanes of at least 4 members (excludes halogenated alkanes) is 29. The lowest BCUT2D eigenvalue weighted by Gasteiger charge is -2.18. The fourth-order valence-electron chi connectivity index (χ4n) is 8.66. The van der Waals surface area contributed by atoms with E-state index in [4.69, 9.17) is 14.2 Å². The zero-order chi connectivity index (χ0) is 53.6. The van der Waals surface area contributed by atoms with Gasteiger partial charge in [0.15, 0.2) is 6.10 Å². The van der Waals surface area contributed by atoms with E-state index < -0.39 is 6.10 Å². The van der Waals surface area contributed by atoms with Gasteiger partial charge in [-0.2, -0.15) is 0 Å². The summed E-state index contributed by atoms with van der Waals surface area (Å²) in [6.45, 7) is 6.45. The van der Waals surface area contributed by atoms with E-state index >= 15 is 0 Å². The Labute approximate surface area is 457 Å². The molecule has 0 fully saturated rings. The zero-order valence-corrected chi connectivity index (χ0v) is 48.6. The minimum absolute atomic E-state index is 0.0911. The van der Waals surface area contributed by atoms with E-state index in [9.17, 15) is 14.4 Å². The summed E-state index contributed by atoms with van der Waals surface area (Å²) in [6.07, 6.45) is 82.8. The number of hydrogen-bond donors (Lipinski definition) is 0. The van der Waals surface area contributed by atoms with Crippen LogP contribution < -0.4 is 0 Å². The molecule has 0 bridgehead atoms. The number of hydrogen-bond acceptors (Lipinski definition) is 6. The highest BCUT2D eigenvalue weighted by atomic mass is 16.6. The highest BCUT2D eigenvalue weighted by Crippen LogP contribution is 2.17. The molecule has 74 heavy (non-hydrogen) atoms. The van der Waals surface area contributed by atoms with Crippen molar-refractivity contribution in [2.24, 2.45) is 0 Å². The van der Waals surface area contributed by atoms with Gasteiger partial charge in [0.1, 0.15) is 13.2 Å². The Morgan fingerprint density at radius 2 is 0.554 bits per heavy atom. The molecule has 0 heterocycles. The Bertz CT molecular complexity index is 1460. The van der Waals surface area contributed by atoms with Crippen LogP contribution in [0.25, 0.3) is 0 Å². The second kappa shape index (κ2) is 61.9. The monoisotopic (exact) mass is 1030 g/mol. The third kappa shape index (κ3) is 59.2. The van der Waals surface area contributed by atoms with Crippen molar-refractivity contribution in [1.82, 2.24) is 0 Å². The largest absolute Gasteiger partial charge is 0.462 e. The Hall–Kier alpha value is -3.67. The summed E-state index contributed by atoms with van der Waals surface area (Å²) in [6, 6.07) is 0. The van der Waals surface area contributed by atoms with Crippen molar-refractivity contribution in [1.29, 1.82) is 0 Å². The highest BCUT2D eigenvalue weighted by molar-refractivity contribution is 5.71. The molecule has 0 amide bonds. The number of carbonyl (C=O) groups is 3. The van der Waals surface area contributed by atoms with Gasteiger partial charge in [0.25, 0.3) is 0 Å². The van der Waals surface area contributed by atoms with Crippen LogP contribution in [0.3, 0.4) is 0 Å². The van der Waals surface area contributed by atoms with Crippen LogP contribution in [0.5, 0.6) is 0 Å². The van der Waals surface area contributed by atoms with Crippen molar-refractivity contribution >= 4 is 17.9 Å². The van der Waals surface area contributed by atoms with Gasteiger partial charge in [-0.3, -0.25) is 14.4 Å². The van der Waals surface area contributed by atoms with Gasteiger partial charge in [0.05, 0.1) is 0 Å². The van der Waals surface area contributed by atoms with Crippen molar-refractivity contribution in [3.8, 4) is 0 Å². The predicted octanol–water partition coefficient (Wildman–Crippen LogP) is 21.3. The molecule has 0 saturated heterocycles. The van der Waals surface area contributed by atoms with E-state index in [1.807, 2.05) is 0 Å². The number of esters is 3. The topological polar surface area (TPSA) is 78.9 Å². The van der Waals surface area contributed by atoms with Gasteiger partial charge < -0.3 is 14.2 Å². The molecule has 0 radical (unpaired) electrons. The number of allylic oxidation sites excluding steroid dienone is 16. The maximum absolute atomic E-state index is 12.9. The van der Waals surface area contributed by atoms with E-state index in [1.165, 1.54) is 128 Å². The third-order valence-electron chi connectivity index (χ3n) is 13.3. The Balaban J connectivity index is 4.33.